The average Bonchev–Trinajstić information content (AvgIpc) is 3.04. The van der Waals surface area contributed by atoms with Crippen LogP contribution in [0.25, 0.3) is 0 Å². The summed E-state index contributed by atoms with van der Waals surface area (Å²) in [7, 11) is 0. The topological polar surface area (TPSA) is 173 Å². The maximum absolute atomic E-state index is 13.4. The van der Waals surface area contributed by atoms with Gasteiger partial charge < -0.3 is 21.5 Å². The minimum absolute atomic E-state index is 0.0491. The maximum atomic E-state index is 13.4. The Morgan fingerprint density at radius 1 is 0.646 bits per heavy atom. The van der Waals surface area contributed by atoms with E-state index in [4.69, 9.17) is 5.73 Å². The van der Waals surface area contributed by atoms with Gasteiger partial charge in [-0.25, -0.2) is 0 Å². The van der Waals surface area contributed by atoms with Gasteiger partial charge in [-0.1, -0.05) is 111 Å². The molecule has 0 aromatic heterocycles. The molecule has 0 aliphatic carbocycles. The molecule has 0 aromatic carbocycles. The number of nitrogens with one attached hydrogen (secondary N) is 2. The number of hydrogen-bond acceptors (Lipinski definition) is 7. The Labute approximate surface area is 290 Å². The number of nitrogens with two attached hydrogens (primary N) is 1. The Morgan fingerprint density at radius 2 is 1.17 bits per heavy atom. The molecule has 0 aliphatic rings. The summed E-state index contributed by atoms with van der Waals surface area (Å²) in [6.45, 7) is 10.6. The van der Waals surface area contributed by atoms with E-state index in [1.54, 1.807) is 13.8 Å². The molecule has 5 N–H and O–H groups in total. The van der Waals surface area contributed by atoms with Gasteiger partial charge in [-0.2, -0.15) is 0 Å². The van der Waals surface area contributed by atoms with Gasteiger partial charge in [-0.3, -0.25) is 28.8 Å². The molecule has 278 valence electrons. The van der Waals surface area contributed by atoms with E-state index in [-0.39, 0.29) is 49.6 Å². The summed E-state index contributed by atoms with van der Waals surface area (Å²) in [5.41, 5.74) is 5.34. The van der Waals surface area contributed by atoms with E-state index in [9.17, 15) is 33.9 Å². The molecule has 0 bridgehead atoms. The number of amides is 3. The molecule has 10 nitrogen and oxygen atoms in total. The van der Waals surface area contributed by atoms with E-state index in [1.165, 1.54) is 64.7 Å². The van der Waals surface area contributed by atoms with Crippen molar-refractivity contribution in [2.45, 2.75) is 188 Å². The number of hydrogen-bond donors (Lipinski definition) is 4. The molecule has 0 aromatic rings. The van der Waals surface area contributed by atoms with Crippen molar-refractivity contribution >= 4 is 35.1 Å². The van der Waals surface area contributed by atoms with Crippen LogP contribution in [0.1, 0.15) is 170 Å². The first-order valence-corrected chi connectivity index (χ1v) is 18.9. The van der Waals surface area contributed by atoms with Crippen molar-refractivity contribution < 1.29 is 33.9 Å². The highest BCUT2D eigenvalue weighted by Crippen LogP contribution is 2.22. The van der Waals surface area contributed by atoms with Crippen LogP contribution in [0.2, 0.25) is 0 Å². The van der Waals surface area contributed by atoms with Gasteiger partial charge >= 0.3 is 0 Å². The molecule has 0 unspecified atom stereocenters. The number of aliphatic hydroxyl groups is 1. The van der Waals surface area contributed by atoms with Crippen molar-refractivity contribution in [2.24, 2.45) is 23.5 Å². The summed E-state index contributed by atoms with van der Waals surface area (Å²) in [5, 5.41) is 15.8. The third-order valence-electron chi connectivity index (χ3n) is 9.55. The highest BCUT2D eigenvalue weighted by atomic mass is 16.3. The van der Waals surface area contributed by atoms with Gasteiger partial charge in [0, 0.05) is 43.9 Å². The number of primary amides is 1. The first kappa shape index (κ1) is 45.4. The highest BCUT2D eigenvalue weighted by Gasteiger charge is 2.35. The van der Waals surface area contributed by atoms with E-state index in [1.807, 2.05) is 13.8 Å². The maximum Gasteiger partial charge on any atom is 0.224 e. The Hall–Kier alpha value is -2.62. The number of rotatable bonds is 31. The van der Waals surface area contributed by atoms with Gasteiger partial charge in [-0.05, 0) is 32.6 Å². The molecule has 0 saturated heterocycles. The Morgan fingerprint density at radius 3 is 1.62 bits per heavy atom. The molecule has 0 aliphatic heterocycles. The number of aliphatic hydroxyl groups excluding tert-OH is 1. The molecule has 0 spiro atoms. The normalized spacial score (nSPS) is 15.1. The third-order valence-corrected chi connectivity index (χ3v) is 9.55. The molecule has 0 rings (SSSR count). The third kappa shape index (κ3) is 20.7. The summed E-state index contributed by atoms with van der Waals surface area (Å²) in [6, 6.07) is -2.00. The Kier molecular flexibility index (Phi) is 25.7. The van der Waals surface area contributed by atoms with Crippen molar-refractivity contribution in [3.63, 3.8) is 0 Å². The molecule has 0 saturated carbocycles. The second-order valence-electron chi connectivity index (χ2n) is 13.9. The smallest absolute Gasteiger partial charge is 0.224 e. The van der Waals surface area contributed by atoms with Gasteiger partial charge in [0.05, 0.1) is 12.1 Å². The fourth-order valence-corrected chi connectivity index (χ4v) is 5.99. The van der Waals surface area contributed by atoms with Gasteiger partial charge in [0.15, 0.2) is 11.6 Å². The van der Waals surface area contributed by atoms with Crippen LogP contribution < -0.4 is 16.4 Å². The lowest BCUT2D eigenvalue weighted by molar-refractivity contribution is -0.137. The zero-order valence-electron chi connectivity index (χ0n) is 31.1. The second-order valence-corrected chi connectivity index (χ2v) is 13.9. The second kappa shape index (κ2) is 27.2. The molecule has 6 atom stereocenters. The number of unbranched alkanes of at least 4 members (excludes halogenated alkanes) is 12. The fraction of sp³-hybridized carbons (Fsp3) is 0.842. The number of carbonyl (C=O) groups is 6. The van der Waals surface area contributed by atoms with Crippen molar-refractivity contribution in [1.29, 1.82) is 0 Å². The summed E-state index contributed by atoms with van der Waals surface area (Å²) < 4.78 is 0. The number of Topliss-reactive ketones (excluding diaryl/α,β-unsaturated/α-hetero) is 3. The monoisotopic (exact) mass is 680 g/mol. The summed E-state index contributed by atoms with van der Waals surface area (Å²) in [5.74, 6) is -4.23. The lowest BCUT2D eigenvalue weighted by Gasteiger charge is -2.27. The molecule has 0 radical (unpaired) electrons. The van der Waals surface area contributed by atoms with E-state index in [0.717, 1.165) is 25.7 Å². The summed E-state index contributed by atoms with van der Waals surface area (Å²) in [4.78, 5) is 76.3. The van der Waals surface area contributed by atoms with Crippen LogP contribution in [0.15, 0.2) is 0 Å². The molecular weight excluding hydrogens is 610 g/mol. The molecule has 0 heterocycles. The summed E-state index contributed by atoms with van der Waals surface area (Å²) >= 11 is 0. The molecule has 3 amide bonds. The van der Waals surface area contributed by atoms with E-state index < -0.39 is 53.5 Å². The predicted octanol–water partition coefficient (Wildman–Crippen LogP) is 6.28. The number of ketones is 3. The quantitative estimate of drug-likeness (QED) is 0.0624. The predicted molar refractivity (Wildman–Crippen MR) is 191 cm³/mol. The van der Waals surface area contributed by atoms with Gasteiger partial charge in [-0.15, -0.1) is 0 Å². The van der Waals surface area contributed by atoms with Crippen LogP contribution in [0, 0.1) is 17.8 Å². The van der Waals surface area contributed by atoms with Crippen LogP contribution in [-0.4, -0.2) is 58.4 Å². The van der Waals surface area contributed by atoms with Crippen LogP contribution in [0.5, 0.6) is 0 Å². The average molecular weight is 680 g/mol. The van der Waals surface area contributed by atoms with E-state index in [0.29, 0.717) is 12.8 Å². The molecule has 48 heavy (non-hydrogen) atoms. The van der Waals surface area contributed by atoms with Gasteiger partial charge in [0.2, 0.25) is 17.7 Å². The van der Waals surface area contributed by atoms with Crippen molar-refractivity contribution in [1.82, 2.24) is 10.6 Å². The zero-order chi connectivity index (χ0) is 36.5. The fourth-order valence-electron chi connectivity index (χ4n) is 5.99. The summed E-state index contributed by atoms with van der Waals surface area (Å²) in [6.07, 6.45) is 15.1. The first-order chi connectivity index (χ1) is 22.8. The van der Waals surface area contributed by atoms with Crippen molar-refractivity contribution in [3.05, 3.63) is 0 Å². The lowest BCUT2D eigenvalue weighted by Crippen LogP contribution is -2.51. The van der Waals surface area contributed by atoms with Crippen LogP contribution in [0.4, 0.5) is 0 Å². The van der Waals surface area contributed by atoms with Crippen molar-refractivity contribution in [3.8, 4) is 0 Å². The zero-order valence-corrected chi connectivity index (χ0v) is 31.1. The minimum Gasteiger partial charge on any atom is -0.391 e. The molecular formula is C38H69N3O7. The van der Waals surface area contributed by atoms with Gasteiger partial charge in [0.25, 0.3) is 0 Å². The van der Waals surface area contributed by atoms with Crippen molar-refractivity contribution in [2.75, 3.05) is 0 Å². The molecule has 0 fully saturated rings. The Bertz CT molecular complexity index is 968. The van der Waals surface area contributed by atoms with Gasteiger partial charge in [0.1, 0.15) is 11.8 Å². The first-order valence-electron chi connectivity index (χ1n) is 18.9. The molecule has 10 heteroatoms. The van der Waals surface area contributed by atoms with Crippen LogP contribution >= 0.6 is 0 Å². The van der Waals surface area contributed by atoms with E-state index >= 15 is 0 Å². The van der Waals surface area contributed by atoms with E-state index in [2.05, 4.69) is 17.6 Å². The SMILES string of the molecule is CCCCCCCCCCCCCCCC(=O)C[C@@H](CCC(N)=O)C(=O)N[C@H](C(=O)C[C@H](C(=O)N[C@@H](C)C(=O)CC)[C@@H](C)CC)[C@@H](C)O. The Balaban J connectivity index is 5.07. The lowest BCUT2D eigenvalue weighted by atomic mass is 9.84. The minimum atomic E-state index is -1.31. The largest absolute Gasteiger partial charge is 0.391 e. The standard InChI is InChI=1S/C38H69N3O7/c1-7-10-11-12-13-14-15-16-17-18-19-20-21-22-31(43)25-30(23-24-35(39)46)37(47)41-36(29(6)42)34(45)26-32(27(4)8-2)38(48)40-28(5)33(44)9-3/h27-30,32,36,42H,7-26H2,1-6H3,(H2,39,46)(H,40,48)(H,41,47)/t27-,28-,29+,30+,32-,36-/m0/s1. The number of carbonyl (C=O) groups excluding carboxylic acids is 6. The highest BCUT2D eigenvalue weighted by molar-refractivity contribution is 5.95. The van der Waals surface area contributed by atoms with Crippen LogP contribution in [0.3, 0.4) is 0 Å². The van der Waals surface area contributed by atoms with Crippen LogP contribution in [-0.2, 0) is 28.8 Å².